The normalized spacial score (nSPS) is 19.1. The molecule has 0 saturated carbocycles. The molecule has 20 heavy (non-hydrogen) atoms. The molecule has 0 aliphatic carbocycles. The van der Waals surface area contributed by atoms with Gasteiger partial charge in [0.05, 0.1) is 21.8 Å². The molecule has 3 rings (SSSR count). The number of hydrogen-bond donors (Lipinski definition) is 1. The first-order valence-corrected chi connectivity index (χ1v) is 7.49. The van der Waals surface area contributed by atoms with Crippen LogP contribution in [0.15, 0.2) is 48.5 Å². The van der Waals surface area contributed by atoms with Crippen molar-refractivity contribution in [3.63, 3.8) is 0 Å². The second-order valence-electron chi connectivity index (χ2n) is 4.90. The van der Waals surface area contributed by atoms with Crippen molar-refractivity contribution >= 4 is 28.9 Å². The summed E-state index contributed by atoms with van der Waals surface area (Å²) in [4.78, 5) is 2.33. The van der Waals surface area contributed by atoms with Crippen LogP contribution in [0.4, 0.5) is 5.69 Å². The van der Waals surface area contributed by atoms with Crippen LogP contribution >= 0.6 is 23.2 Å². The van der Waals surface area contributed by atoms with E-state index < -0.39 is 0 Å². The number of benzene rings is 2. The van der Waals surface area contributed by atoms with Crippen LogP contribution in [-0.2, 0) is 0 Å². The Morgan fingerprint density at radius 2 is 1.80 bits per heavy atom. The van der Waals surface area contributed by atoms with Gasteiger partial charge in [0.25, 0.3) is 0 Å². The number of rotatable bonds is 2. The molecule has 0 spiro atoms. The molecule has 1 saturated heterocycles. The minimum absolute atomic E-state index is 0.279. The van der Waals surface area contributed by atoms with E-state index in [0.29, 0.717) is 10.0 Å². The third-order valence-corrected chi connectivity index (χ3v) is 4.48. The fourth-order valence-corrected chi connectivity index (χ4v) is 3.08. The molecule has 1 N–H and O–H groups in total. The van der Waals surface area contributed by atoms with Crippen LogP contribution in [-0.4, -0.2) is 19.6 Å². The fraction of sp³-hybridized carbons (Fsp3) is 0.250. The maximum absolute atomic E-state index is 6.39. The molecule has 0 bridgehead atoms. The van der Waals surface area contributed by atoms with E-state index in [4.69, 9.17) is 23.2 Å². The first kappa shape index (κ1) is 13.7. The summed E-state index contributed by atoms with van der Waals surface area (Å²) in [5.74, 6) is 0. The van der Waals surface area contributed by atoms with Crippen LogP contribution in [0.3, 0.4) is 0 Å². The van der Waals surface area contributed by atoms with Gasteiger partial charge in [0.15, 0.2) is 0 Å². The number of nitrogens with zero attached hydrogens (tertiary/aromatic N) is 1. The zero-order valence-electron chi connectivity index (χ0n) is 11.0. The summed E-state index contributed by atoms with van der Waals surface area (Å²) >= 11 is 12.5. The summed E-state index contributed by atoms with van der Waals surface area (Å²) in [7, 11) is 0. The van der Waals surface area contributed by atoms with Gasteiger partial charge in [-0.2, -0.15) is 0 Å². The van der Waals surface area contributed by atoms with E-state index in [-0.39, 0.29) is 6.04 Å². The van der Waals surface area contributed by atoms with Crippen molar-refractivity contribution in [1.82, 2.24) is 5.32 Å². The van der Waals surface area contributed by atoms with Crippen molar-refractivity contribution in [1.29, 1.82) is 0 Å². The summed E-state index contributed by atoms with van der Waals surface area (Å²) in [6, 6.07) is 16.6. The van der Waals surface area contributed by atoms with E-state index in [1.807, 2.05) is 24.3 Å². The molecule has 0 amide bonds. The van der Waals surface area contributed by atoms with Crippen molar-refractivity contribution in [3.8, 4) is 0 Å². The fourth-order valence-electron chi connectivity index (χ4n) is 2.68. The first-order valence-electron chi connectivity index (χ1n) is 6.73. The van der Waals surface area contributed by atoms with Gasteiger partial charge >= 0.3 is 0 Å². The predicted molar refractivity (Wildman–Crippen MR) is 85.9 cm³/mol. The van der Waals surface area contributed by atoms with Gasteiger partial charge in [-0.1, -0.05) is 59.6 Å². The maximum atomic E-state index is 6.39. The lowest BCUT2D eigenvalue weighted by atomic mass is 10.0. The second-order valence-corrected chi connectivity index (χ2v) is 5.68. The Labute approximate surface area is 129 Å². The standard InChI is InChI=1S/C16H16Cl2N2/c17-13-7-4-8-14(16(13)18)20-10-9-19-11-15(20)12-5-2-1-3-6-12/h1-8,15,19H,9-11H2. The summed E-state index contributed by atoms with van der Waals surface area (Å²) < 4.78 is 0. The van der Waals surface area contributed by atoms with E-state index in [9.17, 15) is 0 Å². The highest BCUT2D eigenvalue weighted by molar-refractivity contribution is 6.43. The summed E-state index contributed by atoms with van der Waals surface area (Å²) in [6.07, 6.45) is 0. The number of anilines is 1. The van der Waals surface area contributed by atoms with Gasteiger partial charge in [0.1, 0.15) is 0 Å². The lowest BCUT2D eigenvalue weighted by molar-refractivity contribution is 0.490. The van der Waals surface area contributed by atoms with Crippen LogP contribution in [0.1, 0.15) is 11.6 Å². The zero-order valence-corrected chi connectivity index (χ0v) is 12.5. The number of nitrogens with one attached hydrogen (secondary N) is 1. The Balaban J connectivity index is 1.99. The van der Waals surface area contributed by atoms with Crippen molar-refractivity contribution in [2.75, 3.05) is 24.5 Å². The van der Waals surface area contributed by atoms with E-state index in [1.54, 1.807) is 0 Å². The monoisotopic (exact) mass is 306 g/mol. The molecule has 2 aromatic carbocycles. The van der Waals surface area contributed by atoms with Gasteiger partial charge in [-0.3, -0.25) is 0 Å². The molecule has 1 aliphatic heterocycles. The first-order chi connectivity index (χ1) is 9.77. The average Bonchev–Trinajstić information content (AvgIpc) is 2.51. The van der Waals surface area contributed by atoms with Gasteiger partial charge in [0, 0.05) is 19.6 Å². The lowest BCUT2D eigenvalue weighted by Crippen LogP contribution is -2.46. The Morgan fingerprint density at radius 3 is 2.60 bits per heavy atom. The highest BCUT2D eigenvalue weighted by Gasteiger charge is 2.25. The smallest absolute Gasteiger partial charge is 0.0825 e. The van der Waals surface area contributed by atoms with Crippen molar-refractivity contribution in [2.45, 2.75) is 6.04 Å². The van der Waals surface area contributed by atoms with Crippen LogP contribution in [0, 0.1) is 0 Å². The Hall–Kier alpha value is -1.22. The summed E-state index contributed by atoms with van der Waals surface area (Å²) in [5.41, 5.74) is 2.30. The van der Waals surface area contributed by atoms with Crippen LogP contribution in [0.25, 0.3) is 0 Å². The third-order valence-electron chi connectivity index (χ3n) is 3.67. The van der Waals surface area contributed by atoms with Gasteiger partial charge < -0.3 is 10.2 Å². The average molecular weight is 307 g/mol. The molecule has 2 aromatic rings. The van der Waals surface area contributed by atoms with Crippen molar-refractivity contribution < 1.29 is 0 Å². The number of halogens is 2. The van der Waals surface area contributed by atoms with E-state index in [2.05, 4.69) is 34.5 Å². The van der Waals surface area contributed by atoms with Crippen molar-refractivity contribution in [2.24, 2.45) is 0 Å². The summed E-state index contributed by atoms with van der Waals surface area (Å²) in [6.45, 7) is 2.78. The van der Waals surface area contributed by atoms with Crippen LogP contribution in [0.5, 0.6) is 0 Å². The van der Waals surface area contributed by atoms with Gasteiger partial charge in [-0.05, 0) is 17.7 Å². The minimum Gasteiger partial charge on any atom is -0.361 e. The largest absolute Gasteiger partial charge is 0.361 e. The quantitative estimate of drug-likeness (QED) is 0.897. The lowest BCUT2D eigenvalue weighted by Gasteiger charge is -2.39. The molecule has 1 aliphatic rings. The molecular formula is C16H16Cl2N2. The van der Waals surface area contributed by atoms with Gasteiger partial charge in [-0.25, -0.2) is 0 Å². The van der Waals surface area contributed by atoms with E-state index in [0.717, 1.165) is 25.3 Å². The topological polar surface area (TPSA) is 15.3 Å². The second kappa shape index (κ2) is 6.04. The van der Waals surface area contributed by atoms with Gasteiger partial charge in [0.2, 0.25) is 0 Å². The van der Waals surface area contributed by atoms with E-state index >= 15 is 0 Å². The maximum Gasteiger partial charge on any atom is 0.0825 e. The SMILES string of the molecule is Clc1cccc(N2CCNCC2c2ccccc2)c1Cl. The predicted octanol–water partition coefficient (Wildman–Crippen LogP) is 4.14. The number of piperazine rings is 1. The van der Waals surface area contributed by atoms with Crippen LogP contribution in [0.2, 0.25) is 10.0 Å². The molecule has 4 heteroatoms. The minimum atomic E-state index is 0.279. The number of hydrogen-bond acceptors (Lipinski definition) is 2. The molecule has 1 unspecified atom stereocenters. The molecule has 0 radical (unpaired) electrons. The Kier molecular flexibility index (Phi) is 4.16. The molecule has 1 atom stereocenters. The third kappa shape index (κ3) is 2.64. The molecule has 1 fully saturated rings. The molecular weight excluding hydrogens is 291 g/mol. The molecule has 1 heterocycles. The highest BCUT2D eigenvalue weighted by atomic mass is 35.5. The zero-order chi connectivity index (χ0) is 13.9. The Bertz CT molecular complexity index is 586. The summed E-state index contributed by atoms with van der Waals surface area (Å²) in [5, 5.41) is 4.69. The van der Waals surface area contributed by atoms with E-state index in [1.165, 1.54) is 5.56 Å². The highest BCUT2D eigenvalue weighted by Crippen LogP contribution is 2.37. The van der Waals surface area contributed by atoms with Gasteiger partial charge in [-0.15, -0.1) is 0 Å². The molecule has 2 nitrogen and oxygen atoms in total. The van der Waals surface area contributed by atoms with Crippen molar-refractivity contribution in [3.05, 3.63) is 64.1 Å². The molecule has 0 aromatic heterocycles. The molecule has 104 valence electrons. The van der Waals surface area contributed by atoms with Crippen LogP contribution < -0.4 is 10.2 Å². The Morgan fingerprint density at radius 1 is 1.00 bits per heavy atom.